The van der Waals surface area contributed by atoms with Gasteiger partial charge in [0.1, 0.15) is 6.33 Å². The lowest BCUT2D eigenvalue weighted by atomic mass is 9.99. The van der Waals surface area contributed by atoms with Crippen molar-refractivity contribution < 1.29 is 0 Å². The molecule has 2 rings (SSSR count). The molecule has 0 amide bonds. The zero-order chi connectivity index (χ0) is 10.3. The topological polar surface area (TPSA) is 25.8 Å². The van der Waals surface area contributed by atoms with Crippen molar-refractivity contribution in [3.05, 3.63) is 34.8 Å². The summed E-state index contributed by atoms with van der Waals surface area (Å²) < 4.78 is 0. The van der Waals surface area contributed by atoms with Crippen LogP contribution in [-0.2, 0) is 0 Å². The van der Waals surface area contributed by atoms with Crippen LogP contribution in [0.5, 0.6) is 0 Å². The molecule has 0 bridgehead atoms. The summed E-state index contributed by atoms with van der Waals surface area (Å²) in [4.78, 5) is 8.52. The largest absolute Gasteiger partial charge is 0.241 e. The van der Waals surface area contributed by atoms with E-state index in [4.69, 9.17) is 0 Å². The molecule has 2 heteroatoms. The summed E-state index contributed by atoms with van der Waals surface area (Å²) >= 11 is 0. The molecule has 0 atom stereocenters. The zero-order valence-corrected chi connectivity index (χ0v) is 9.05. The van der Waals surface area contributed by atoms with Gasteiger partial charge in [0.05, 0.1) is 5.52 Å². The van der Waals surface area contributed by atoms with Crippen LogP contribution in [0.25, 0.3) is 10.9 Å². The van der Waals surface area contributed by atoms with E-state index in [0.717, 1.165) is 11.2 Å². The standard InChI is InChI=1S/C12H14N2/c1-7-5-11-12(9(3)8(7)2)10(4)13-6-14-11/h5-6H,1-4H3. The van der Waals surface area contributed by atoms with Gasteiger partial charge in [-0.05, 0) is 50.5 Å². The number of hydrogen-bond acceptors (Lipinski definition) is 2. The molecule has 2 nitrogen and oxygen atoms in total. The Kier molecular flexibility index (Phi) is 1.99. The van der Waals surface area contributed by atoms with Gasteiger partial charge in [0, 0.05) is 11.1 Å². The molecule has 0 saturated carbocycles. The highest BCUT2D eigenvalue weighted by Crippen LogP contribution is 2.24. The number of benzene rings is 1. The molecule has 14 heavy (non-hydrogen) atoms. The van der Waals surface area contributed by atoms with Crippen LogP contribution in [0.1, 0.15) is 22.4 Å². The van der Waals surface area contributed by atoms with Crippen LogP contribution >= 0.6 is 0 Å². The maximum atomic E-state index is 4.29. The SMILES string of the molecule is Cc1cc2ncnc(C)c2c(C)c1C. The van der Waals surface area contributed by atoms with Crippen molar-refractivity contribution in [1.82, 2.24) is 9.97 Å². The monoisotopic (exact) mass is 186 g/mol. The number of hydrogen-bond donors (Lipinski definition) is 0. The number of aryl methyl sites for hydroxylation is 3. The number of rotatable bonds is 0. The van der Waals surface area contributed by atoms with Crippen LogP contribution in [0.3, 0.4) is 0 Å². The minimum Gasteiger partial charge on any atom is -0.241 e. The fourth-order valence-electron chi connectivity index (χ4n) is 1.86. The first-order valence-corrected chi connectivity index (χ1v) is 4.79. The molecule has 1 heterocycles. The van der Waals surface area contributed by atoms with Crippen molar-refractivity contribution >= 4 is 10.9 Å². The first-order valence-electron chi connectivity index (χ1n) is 4.79. The molecule has 0 saturated heterocycles. The molecule has 0 unspecified atom stereocenters. The highest BCUT2D eigenvalue weighted by Gasteiger charge is 2.07. The second-order valence-electron chi connectivity index (χ2n) is 3.80. The Morgan fingerprint density at radius 1 is 0.929 bits per heavy atom. The summed E-state index contributed by atoms with van der Waals surface area (Å²) in [6, 6.07) is 2.13. The Morgan fingerprint density at radius 3 is 2.36 bits per heavy atom. The summed E-state index contributed by atoms with van der Waals surface area (Å²) in [5, 5.41) is 1.20. The average Bonchev–Trinajstić information content (AvgIpc) is 2.14. The van der Waals surface area contributed by atoms with Gasteiger partial charge in [0.15, 0.2) is 0 Å². The van der Waals surface area contributed by atoms with E-state index in [0.29, 0.717) is 0 Å². The molecule has 72 valence electrons. The van der Waals surface area contributed by atoms with Crippen molar-refractivity contribution in [1.29, 1.82) is 0 Å². The number of aromatic nitrogens is 2. The van der Waals surface area contributed by atoms with Crippen molar-refractivity contribution in [3.63, 3.8) is 0 Å². The lowest BCUT2D eigenvalue weighted by Gasteiger charge is -2.09. The minimum absolute atomic E-state index is 1.05. The highest BCUT2D eigenvalue weighted by molar-refractivity contribution is 5.85. The quantitative estimate of drug-likeness (QED) is 0.632. The lowest BCUT2D eigenvalue weighted by molar-refractivity contribution is 1.13. The predicted molar refractivity (Wildman–Crippen MR) is 58.5 cm³/mol. The van der Waals surface area contributed by atoms with Crippen molar-refractivity contribution in [2.45, 2.75) is 27.7 Å². The fraction of sp³-hybridized carbons (Fsp3) is 0.333. The van der Waals surface area contributed by atoms with Crippen molar-refractivity contribution in [2.75, 3.05) is 0 Å². The molecule has 0 spiro atoms. The molecule has 0 aliphatic rings. The minimum atomic E-state index is 1.05. The molecule has 0 aliphatic carbocycles. The van der Waals surface area contributed by atoms with Gasteiger partial charge in [0.2, 0.25) is 0 Å². The Balaban J connectivity index is 2.99. The fourth-order valence-corrected chi connectivity index (χ4v) is 1.86. The molecule has 0 radical (unpaired) electrons. The Bertz CT molecular complexity index is 501. The maximum absolute atomic E-state index is 4.29. The smallest absolute Gasteiger partial charge is 0.116 e. The van der Waals surface area contributed by atoms with E-state index in [2.05, 4.69) is 36.8 Å². The second kappa shape index (κ2) is 3.05. The molecule has 1 aromatic heterocycles. The molecule has 2 aromatic rings. The van der Waals surface area contributed by atoms with E-state index >= 15 is 0 Å². The van der Waals surface area contributed by atoms with E-state index in [1.54, 1.807) is 6.33 Å². The summed E-state index contributed by atoms with van der Waals surface area (Å²) in [6.07, 6.45) is 1.63. The van der Waals surface area contributed by atoms with Crippen LogP contribution < -0.4 is 0 Å². The molecule has 1 aromatic carbocycles. The third-order valence-electron chi connectivity index (χ3n) is 2.95. The van der Waals surface area contributed by atoms with Gasteiger partial charge in [-0.2, -0.15) is 0 Å². The van der Waals surface area contributed by atoms with Crippen LogP contribution in [0, 0.1) is 27.7 Å². The van der Waals surface area contributed by atoms with Gasteiger partial charge in [0.25, 0.3) is 0 Å². The Hall–Kier alpha value is -1.44. The molecular weight excluding hydrogens is 172 g/mol. The molecule has 0 N–H and O–H groups in total. The Morgan fingerprint density at radius 2 is 1.64 bits per heavy atom. The van der Waals surface area contributed by atoms with Crippen LogP contribution in [0.15, 0.2) is 12.4 Å². The van der Waals surface area contributed by atoms with Crippen molar-refractivity contribution in [3.8, 4) is 0 Å². The molecule has 0 aliphatic heterocycles. The molecule has 0 fully saturated rings. The molecular formula is C12H14N2. The highest BCUT2D eigenvalue weighted by atomic mass is 14.8. The van der Waals surface area contributed by atoms with Crippen LogP contribution in [0.4, 0.5) is 0 Å². The Labute approximate surface area is 84.0 Å². The lowest BCUT2D eigenvalue weighted by Crippen LogP contribution is -1.94. The van der Waals surface area contributed by atoms with Gasteiger partial charge >= 0.3 is 0 Å². The predicted octanol–water partition coefficient (Wildman–Crippen LogP) is 2.86. The normalized spacial score (nSPS) is 10.9. The first-order chi connectivity index (χ1) is 6.61. The third-order valence-corrected chi connectivity index (χ3v) is 2.95. The third kappa shape index (κ3) is 1.18. The van der Waals surface area contributed by atoms with Gasteiger partial charge in [-0.25, -0.2) is 9.97 Å². The van der Waals surface area contributed by atoms with E-state index < -0.39 is 0 Å². The number of fused-ring (bicyclic) bond motifs is 1. The summed E-state index contributed by atoms with van der Waals surface area (Å²) in [5.74, 6) is 0. The summed E-state index contributed by atoms with van der Waals surface area (Å²) in [7, 11) is 0. The van der Waals surface area contributed by atoms with E-state index in [-0.39, 0.29) is 0 Å². The zero-order valence-electron chi connectivity index (χ0n) is 9.05. The first kappa shape index (κ1) is 9.13. The van der Waals surface area contributed by atoms with E-state index in [9.17, 15) is 0 Å². The summed E-state index contributed by atoms with van der Waals surface area (Å²) in [6.45, 7) is 8.45. The maximum Gasteiger partial charge on any atom is 0.116 e. The van der Waals surface area contributed by atoms with Crippen LogP contribution in [-0.4, -0.2) is 9.97 Å². The second-order valence-corrected chi connectivity index (χ2v) is 3.80. The van der Waals surface area contributed by atoms with Crippen LogP contribution in [0.2, 0.25) is 0 Å². The van der Waals surface area contributed by atoms with E-state index in [1.165, 1.54) is 22.1 Å². The summed E-state index contributed by atoms with van der Waals surface area (Å²) in [5.41, 5.74) is 6.07. The van der Waals surface area contributed by atoms with Gasteiger partial charge in [-0.1, -0.05) is 0 Å². The van der Waals surface area contributed by atoms with Gasteiger partial charge < -0.3 is 0 Å². The van der Waals surface area contributed by atoms with E-state index in [1.807, 2.05) is 6.92 Å². The average molecular weight is 186 g/mol. The number of nitrogens with zero attached hydrogens (tertiary/aromatic N) is 2. The van der Waals surface area contributed by atoms with Gasteiger partial charge in [-0.15, -0.1) is 0 Å². The van der Waals surface area contributed by atoms with Crippen molar-refractivity contribution in [2.24, 2.45) is 0 Å². The van der Waals surface area contributed by atoms with Gasteiger partial charge in [-0.3, -0.25) is 0 Å².